The smallest absolute Gasteiger partial charge is 0.123 e. The van der Waals surface area contributed by atoms with Gasteiger partial charge in [0.1, 0.15) is 6.29 Å². The Morgan fingerprint density at radius 2 is 1.62 bits per heavy atom. The van der Waals surface area contributed by atoms with Crippen LogP contribution in [0.5, 0.6) is 0 Å². The first-order valence-electron chi connectivity index (χ1n) is 10.3. The summed E-state index contributed by atoms with van der Waals surface area (Å²) in [5.74, 6) is 0.0745. The molecule has 4 heteroatoms. The summed E-state index contributed by atoms with van der Waals surface area (Å²) in [5, 5.41) is 8.56. The number of rotatable bonds is 19. The summed E-state index contributed by atoms with van der Waals surface area (Å²) in [7, 11) is 1.75. The lowest BCUT2D eigenvalue weighted by Crippen LogP contribution is -2.16. The Balaban J connectivity index is 4.26. The first-order valence-corrected chi connectivity index (χ1v) is 10.3. The highest BCUT2D eigenvalue weighted by Gasteiger charge is 2.17. The lowest BCUT2D eigenvalue weighted by Gasteiger charge is -2.18. The van der Waals surface area contributed by atoms with Gasteiger partial charge in [-0.25, -0.2) is 4.89 Å². The quantitative estimate of drug-likeness (QED) is 0.100. The SMILES string of the molecule is CCCC/C=C\CC(/C=C/CCCCCCCOC)C(C=O)CCOO. The average Bonchev–Trinajstić information content (AvgIpc) is 2.66. The van der Waals surface area contributed by atoms with E-state index in [2.05, 4.69) is 36.1 Å². The van der Waals surface area contributed by atoms with Gasteiger partial charge in [0.25, 0.3) is 0 Å². The number of hydrogen-bond donors (Lipinski definition) is 1. The Morgan fingerprint density at radius 3 is 2.31 bits per heavy atom. The standard InChI is InChI=1S/C22H40O4/c1-3-4-5-9-12-15-21(22(20-23)17-19-26-24)16-13-10-7-6-8-11-14-18-25-2/h9,12-13,16,20-22,24H,3-8,10-11,14-15,17-19H2,1-2H3/b12-9-,16-13+. The van der Waals surface area contributed by atoms with E-state index in [1.165, 1.54) is 38.5 Å². The van der Waals surface area contributed by atoms with Crippen LogP contribution in [-0.2, 0) is 14.4 Å². The lowest BCUT2D eigenvalue weighted by atomic mass is 9.87. The number of allylic oxidation sites excluding steroid dienone is 4. The zero-order valence-electron chi connectivity index (χ0n) is 16.9. The van der Waals surface area contributed by atoms with Gasteiger partial charge in [-0.1, -0.05) is 63.3 Å². The van der Waals surface area contributed by atoms with E-state index in [0.29, 0.717) is 6.42 Å². The van der Waals surface area contributed by atoms with Crippen LogP contribution in [0, 0.1) is 11.8 Å². The van der Waals surface area contributed by atoms with Crippen LogP contribution in [0.1, 0.15) is 77.6 Å². The molecule has 0 fully saturated rings. The molecule has 0 aromatic heterocycles. The van der Waals surface area contributed by atoms with E-state index >= 15 is 0 Å². The monoisotopic (exact) mass is 368 g/mol. The number of unbranched alkanes of at least 4 members (excludes halogenated alkanes) is 7. The molecule has 0 saturated heterocycles. The summed E-state index contributed by atoms with van der Waals surface area (Å²) >= 11 is 0. The van der Waals surface area contributed by atoms with Crippen molar-refractivity contribution in [3.63, 3.8) is 0 Å². The van der Waals surface area contributed by atoms with Gasteiger partial charge in [-0.2, -0.15) is 0 Å². The second kappa shape index (κ2) is 20.3. The van der Waals surface area contributed by atoms with Crippen LogP contribution < -0.4 is 0 Å². The number of carbonyl (C=O) groups excluding carboxylic acids is 1. The van der Waals surface area contributed by atoms with Crippen molar-refractivity contribution in [2.75, 3.05) is 20.3 Å². The summed E-state index contributed by atoms with van der Waals surface area (Å²) in [4.78, 5) is 15.6. The molecule has 0 spiro atoms. The van der Waals surface area contributed by atoms with Crippen molar-refractivity contribution in [1.29, 1.82) is 0 Å². The van der Waals surface area contributed by atoms with Crippen LogP contribution in [-0.4, -0.2) is 31.9 Å². The van der Waals surface area contributed by atoms with Crippen LogP contribution >= 0.6 is 0 Å². The van der Waals surface area contributed by atoms with Crippen molar-refractivity contribution in [3.05, 3.63) is 24.3 Å². The predicted molar refractivity (Wildman–Crippen MR) is 108 cm³/mol. The molecule has 0 aliphatic rings. The molecule has 0 aliphatic carbocycles. The molecule has 0 aliphatic heterocycles. The second-order valence-corrected chi connectivity index (χ2v) is 6.91. The normalized spacial score (nSPS) is 14.3. The summed E-state index contributed by atoms with van der Waals surface area (Å²) in [6.45, 7) is 3.25. The fourth-order valence-corrected chi connectivity index (χ4v) is 2.97. The molecule has 152 valence electrons. The van der Waals surface area contributed by atoms with Crippen LogP contribution in [0.3, 0.4) is 0 Å². The van der Waals surface area contributed by atoms with Gasteiger partial charge in [0.2, 0.25) is 0 Å². The summed E-state index contributed by atoms with van der Waals surface area (Å²) in [6, 6.07) is 0. The zero-order valence-corrected chi connectivity index (χ0v) is 16.9. The summed E-state index contributed by atoms with van der Waals surface area (Å²) in [6.07, 6.45) is 21.9. The van der Waals surface area contributed by atoms with Crippen LogP contribution in [0.2, 0.25) is 0 Å². The Hall–Kier alpha value is -0.970. The molecule has 0 bridgehead atoms. The Labute approximate surface area is 160 Å². The fraction of sp³-hybridized carbons (Fsp3) is 0.773. The number of ether oxygens (including phenoxy) is 1. The average molecular weight is 369 g/mol. The first-order chi connectivity index (χ1) is 12.8. The first kappa shape index (κ1) is 25.0. The molecule has 0 aromatic carbocycles. The molecule has 0 aromatic rings. The highest BCUT2D eigenvalue weighted by atomic mass is 17.1. The van der Waals surface area contributed by atoms with Crippen LogP contribution in [0.4, 0.5) is 0 Å². The minimum Gasteiger partial charge on any atom is -0.385 e. The molecule has 2 unspecified atom stereocenters. The van der Waals surface area contributed by atoms with Crippen LogP contribution in [0.15, 0.2) is 24.3 Å². The second-order valence-electron chi connectivity index (χ2n) is 6.91. The van der Waals surface area contributed by atoms with Gasteiger partial charge >= 0.3 is 0 Å². The van der Waals surface area contributed by atoms with E-state index in [-0.39, 0.29) is 18.4 Å². The van der Waals surface area contributed by atoms with Gasteiger partial charge in [-0.3, -0.25) is 5.26 Å². The van der Waals surface area contributed by atoms with E-state index in [9.17, 15) is 4.79 Å². The van der Waals surface area contributed by atoms with E-state index < -0.39 is 0 Å². The lowest BCUT2D eigenvalue weighted by molar-refractivity contribution is -0.244. The predicted octanol–water partition coefficient (Wildman–Crippen LogP) is 5.98. The third-order valence-electron chi connectivity index (χ3n) is 4.67. The van der Waals surface area contributed by atoms with Crippen molar-refractivity contribution >= 4 is 6.29 Å². The molecule has 2 atom stereocenters. The maximum Gasteiger partial charge on any atom is 0.123 e. The van der Waals surface area contributed by atoms with Gasteiger partial charge in [0.15, 0.2) is 0 Å². The molecule has 0 heterocycles. The highest BCUT2D eigenvalue weighted by molar-refractivity contribution is 5.54. The van der Waals surface area contributed by atoms with Gasteiger partial charge < -0.3 is 9.53 Å². The van der Waals surface area contributed by atoms with E-state index in [4.69, 9.17) is 9.99 Å². The van der Waals surface area contributed by atoms with Crippen molar-refractivity contribution < 1.29 is 19.7 Å². The Bertz CT molecular complexity index is 352. The van der Waals surface area contributed by atoms with Crippen molar-refractivity contribution in [1.82, 2.24) is 0 Å². The minimum absolute atomic E-state index is 0.108. The molecule has 0 rings (SSSR count). The zero-order chi connectivity index (χ0) is 19.3. The van der Waals surface area contributed by atoms with Gasteiger partial charge in [0.05, 0.1) is 6.61 Å². The number of methoxy groups -OCH3 is 1. The molecular formula is C22H40O4. The maximum atomic E-state index is 11.4. The molecular weight excluding hydrogens is 328 g/mol. The number of carbonyl (C=O) groups is 1. The largest absolute Gasteiger partial charge is 0.385 e. The molecule has 4 nitrogen and oxygen atoms in total. The molecule has 0 radical (unpaired) electrons. The van der Waals surface area contributed by atoms with Crippen LogP contribution in [0.25, 0.3) is 0 Å². The molecule has 26 heavy (non-hydrogen) atoms. The third kappa shape index (κ3) is 15.3. The van der Waals surface area contributed by atoms with E-state index in [1.54, 1.807) is 7.11 Å². The van der Waals surface area contributed by atoms with E-state index in [0.717, 1.165) is 38.6 Å². The van der Waals surface area contributed by atoms with Crippen molar-refractivity contribution in [3.8, 4) is 0 Å². The third-order valence-corrected chi connectivity index (χ3v) is 4.67. The van der Waals surface area contributed by atoms with Crippen molar-refractivity contribution in [2.24, 2.45) is 11.8 Å². The Kier molecular flexibility index (Phi) is 19.6. The minimum atomic E-state index is -0.108. The van der Waals surface area contributed by atoms with E-state index in [1.807, 2.05) is 0 Å². The molecule has 0 amide bonds. The maximum absolute atomic E-state index is 11.4. The van der Waals surface area contributed by atoms with Gasteiger partial charge in [-0.15, -0.1) is 0 Å². The van der Waals surface area contributed by atoms with Crippen molar-refractivity contribution in [2.45, 2.75) is 77.6 Å². The Morgan fingerprint density at radius 1 is 0.885 bits per heavy atom. The molecule has 0 saturated carbocycles. The van der Waals surface area contributed by atoms with Gasteiger partial charge in [-0.05, 0) is 44.4 Å². The molecule has 1 N–H and O–H groups in total. The number of hydrogen-bond acceptors (Lipinski definition) is 4. The fourth-order valence-electron chi connectivity index (χ4n) is 2.97. The number of aldehydes is 1. The highest BCUT2D eigenvalue weighted by Crippen LogP contribution is 2.21. The summed E-state index contributed by atoms with van der Waals surface area (Å²) in [5.41, 5.74) is 0. The topological polar surface area (TPSA) is 55.8 Å². The van der Waals surface area contributed by atoms with Gasteiger partial charge in [0, 0.05) is 19.6 Å². The summed E-state index contributed by atoms with van der Waals surface area (Å²) < 4.78 is 5.06.